The van der Waals surface area contributed by atoms with Gasteiger partial charge in [-0.2, -0.15) is 0 Å². The molecule has 3 heteroatoms. The summed E-state index contributed by atoms with van der Waals surface area (Å²) in [7, 11) is 1.26. The Hall–Kier alpha value is -1.16. The monoisotopic (exact) mass is 260 g/mol. The van der Waals surface area contributed by atoms with Crippen molar-refractivity contribution in [3.05, 3.63) is 42.5 Å². The smallest absolute Gasteiger partial charge is 0.372 e. The summed E-state index contributed by atoms with van der Waals surface area (Å²) >= 11 is 0. The van der Waals surface area contributed by atoms with E-state index in [4.69, 9.17) is 8.85 Å². The summed E-state index contributed by atoms with van der Waals surface area (Å²) in [6.45, 7) is 2.17. The lowest BCUT2D eigenvalue weighted by Crippen LogP contribution is -2.52. The predicted octanol–water partition coefficient (Wildman–Crippen LogP) is 3.19. The molecule has 18 heavy (non-hydrogen) atoms. The van der Waals surface area contributed by atoms with Gasteiger partial charge in [0.05, 0.1) is 0 Å². The van der Waals surface area contributed by atoms with Crippen molar-refractivity contribution in [3.8, 4) is 0 Å². The van der Waals surface area contributed by atoms with E-state index >= 15 is 0 Å². The van der Waals surface area contributed by atoms with Crippen LogP contribution in [0.25, 0.3) is 10.8 Å². The predicted molar refractivity (Wildman–Crippen MR) is 78.5 cm³/mol. The molecule has 0 aliphatic rings. The van der Waals surface area contributed by atoms with Crippen molar-refractivity contribution >= 4 is 24.5 Å². The Bertz CT molecular complexity index is 515. The molecular weight excluding hydrogens is 240 g/mol. The van der Waals surface area contributed by atoms with E-state index in [0.717, 1.165) is 12.5 Å². The third kappa shape index (κ3) is 2.21. The molecule has 0 saturated carbocycles. The standard InChI is InChI=1S/C15H20O2Si/c1-4-12-18(16-2,17-3)15-11-7-9-13-8-5-6-10-14(13)15/h5-11H,4,12H2,1-3H3. The Morgan fingerprint density at radius 3 is 2.28 bits per heavy atom. The third-order valence-corrected chi connectivity index (χ3v) is 7.17. The minimum absolute atomic E-state index is 0.980. The van der Waals surface area contributed by atoms with Gasteiger partial charge < -0.3 is 8.85 Å². The molecule has 0 spiro atoms. The van der Waals surface area contributed by atoms with Crippen LogP contribution in [0.15, 0.2) is 42.5 Å². The Morgan fingerprint density at radius 1 is 0.944 bits per heavy atom. The van der Waals surface area contributed by atoms with Gasteiger partial charge in [0.25, 0.3) is 0 Å². The van der Waals surface area contributed by atoms with E-state index in [1.54, 1.807) is 14.2 Å². The van der Waals surface area contributed by atoms with E-state index in [9.17, 15) is 0 Å². The van der Waals surface area contributed by atoms with Gasteiger partial charge in [0.2, 0.25) is 0 Å². The minimum atomic E-state index is -2.28. The summed E-state index contributed by atoms with van der Waals surface area (Å²) in [6, 6.07) is 15.8. The zero-order valence-corrected chi connectivity index (χ0v) is 12.3. The molecule has 0 bridgehead atoms. The van der Waals surface area contributed by atoms with E-state index < -0.39 is 8.56 Å². The lowest BCUT2D eigenvalue weighted by molar-refractivity contribution is 0.257. The lowest BCUT2D eigenvalue weighted by atomic mass is 10.1. The number of hydrogen-bond acceptors (Lipinski definition) is 2. The van der Waals surface area contributed by atoms with Gasteiger partial charge in [-0.3, -0.25) is 0 Å². The molecule has 0 aliphatic carbocycles. The first kappa shape index (κ1) is 13.3. The van der Waals surface area contributed by atoms with Crippen LogP contribution in [0.3, 0.4) is 0 Å². The van der Waals surface area contributed by atoms with Crippen LogP contribution < -0.4 is 5.19 Å². The summed E-state index contributed by atoms with van der Waals surface area (Å²) in [6.07, 6.45) is 1.07. The maximum absolute atomic E-state index is 5.84. The number of benzene rings is 2. The highest BCUT2D eigenvalue weighted by molar-refractivity contribution is 6.83. The average Bonchev–Trinajstić information content (AvgIpc) is 2.44. The van der Waals surface area contributed by atoms with Gasteiger partial charge in [-0.1, -0.05) is 55.8 Å². The van der Waals surface area contributed by atoms with E-state index in [2.05, 4.69) is 49.4 Å². The first-order chi connectivity index (χ1) is 8.77. The number of rotatable bonds is 5. The Morgan fingerprint density at radius 2 is 1.61 bits per heavy atom. The van der Waals surface area contributed by atoms with E-state index in [0.29, 0.717) is 0 Å². The van der Waals surface area contributed by atoms with Gasteiger partial charge in [0, 0.05) is 19.4 Å². The molecule has 2 aromatic carbocycles. The Balaban J connectivity index is 2.64. The number of hydrogen-bond donors (Lipinski definition) is 0. The molecule has 0 atom stereocenters. The van der Waals surface area contributed by atoms with Gasteiger partial charge in [-0.25, -0.2) is 0 Å². The van der Waals surface area contributed by atoms with Gasteiger partial charge in [-0.15, -0.1) is 0 Å². The summed E-state index contributed by atoms with van der Waals surface area (Å²) in [5.74, 6) is 0. The molecule has 0 fully saturated rings. The van der Waals surface area contributed by atoms with Crippen LogP contribution in [0, 0.1) is 0 Å². The molecule has 0 N–H and O–H groups in total. The zero-order valence-electron chi connectivity index (χ0n) is 11.3. The van der Waals surface area contributed by atoms with Crippen LogP contribution in [0.1, 0.15) is 13.3 Å². The molecule has 2 nitrogen and oxygen atoms in total. The van der Waals surface area contributed by atoms with Gasteiger partial charge >= 0.3 is 8.56 Å². The molecule has 0 unspecified atom stereocenters. The molecule has 0 aromatic heterocycles. The Kier molecular flexibility index (Phi) is 4.17. The second kappa shape index (κ2) is 5.65. The second-order valence-electron chi connectivity index (χ2n) is 4.44. The average molecular weight is 260 g/mol. The molecular formula is C15H20O2Si. The lowest BCUT2D eigenvalue weighted by Gasteiger charge is -2.28. The van der Waals surface area contributed by atoms with Crippen molar-refractivity contribution in [3.63, 3.8) is 0 Å². The first-order valence-corrected chi connectivity index (χ1v) is 8.38. The maximum Gasteiger partial charge on any atom is 0.372 e. The van der Waals surface area contributed by atoms with Crippen molar-refractivity contribution in [2.45, 2.75) is 19.4 Å². The minimum Gasteiger partial charge on any atom is -0.394 e. The molecule has 0 amide bonds. The fourth-order valence-corrected chi connectivity index (χ4v) is 5.46. The fourth-order valence-electron chi connectivity index (χ4n) is 2.53. The summed E-state index contributed by atoms with van der Waals surface area (Å²) < 4.78 is 11.7. The highest BCUT2D eigenvalue weighted by atomic mass is 28.4. The highest BCUT2D eigenvalue weighted by Gasteiger charge is 2.38. The Labute approximate surface area is 110 Å². The fraction of sp³-hybridized carbons (Fsp3) is 0.333. The van der Waals surface area contributed by atoms with Crippen LogP contribution in [0.2, 0.25) is 6.04 Å². The molecule has 0 heterocycles. The largest absolute Gasteiger partial charge is 0.394 e. The molecule has 2 rings (SSSR count). The van der Waals surface area contributed by atoms with Crippen molar-refractivity contribution in [2.75, 3.05) is 14.2 Å². The first-order valence-electron chi connectivity index (χ1n) is 6.36. The van der Waals surface area contributed by atoms with E-state index in [1.807, 2.05) is 0 Å². The van der Waals surface area contributed by atoms with Crippen LogP contribution in [0.4, 0.5) is 0 Å². The van der Waals surface area contributed by atoms with E-state index in [1.165, 1.54) is 16.0 Å². The topological polar surface area (TPSA) is 18.5 Å². The normalized spacial score (nSPS) is 11.9. The van der Waals surface area contributed by atoms with Crippen LogP contribution >= 0.6 is 0 Å². The molecule has 0 aliphatic heterocycles. The van der Waals surface area contributed by atoms with Gasteiger partial charge in [0.15, 0.2) is 0 Å². The summed E-state index contributed by atoms with van der Waals surface area (Å²) in [5.41, 5.74) is 0. The summed E-state index contributed by atoms with van der Waals surface area (Å²) in [5, 5.41) is 3.74. The third-order valence-electron chi connectivity index (χ3n) is 3.44. The van der Waals surface area contributed by atoms with Crippen molar-refractivity contribution in [1.82, 2.24) is 0 Å². The van der Waals surface area contributed by atoms with Gasteiger partial charge in [-0.05, 0) is 16.8 Å². The van der Waals surface area contributed by atoms with Crippen LogP contribution in [0.5, 0.6) is 0 Å². The summed E-state index contributed by atoms with van der Waals surface area (Å²) in [4.78, 5) is 0. The van der Waals surface area contributed by atoms with Crippen LogP contribution in [-0.2, 0) is 8.85 Å². The molecule has 2 aromatic rings. The number of fused-ring (bicyclic) bond motifs is 1. The van der Waals surface area contributed by atoms with Crippen molar-refractivity contribution in [1.29, 1.82) is 0 Å². The molecule has 0 radical (unpaired) electrons. The zero-order chi connectivity index (χ0) is 13.0. The molecule has 96 valence electrons. The van der Waals surface area contributed by atoms with Crippen molar-refractivity contribution in [2.24, 2.45) is 0 Å². The maximum atomic E-state index is 5.84. The van der Waals surface area contributed by atoms with E-state index in [-0.39, 0.29) is 0 Å². The van der Waals surface area contributed by atoms with Gasteiger partial charge in [0.1, 0.15) is 0 Å². The SMILES string of the molecule is CCC[Si](OC)(OC)c1cccc2ccccc12. The highest BCUT2D eigenvalue weighted by Crippen LogP contribution is 2.20. The second-order valence-corrected chi connectivity index (χ2v) is 7.80. The molecule has 0 saturated heterocycles. The van der Waals surface area contributed by atoms with Crippen molar-refractivity contribution < 1.29 is 8.85 Å². The quantitative estimate of drug-likeness (QED) is 0.769. The van der Waals surface area contributed by atoms with Crippen LogP contribution in [-0.4, -0.2) is 22.8 Å².